The Balaban J connectivity index is 2.18. The number of hydrogen-bond donors (Lipinski definition) is 0. The maximum Gasteiger partial charge on any atom is 0.0440 e. The molecule has 0 heterocycles. The van der Waals surface area contributed by atoms with Crippen LogP contribution in [-0.2, 0) is 0 Å². The number of halogens is 2. The van der Waals surface area contributed by atoms with Gasteiger partial charge < -0.3 is 0 Å². The van der Waals surface area contributed by atoms with Gasteiger partial charge in [0.15, 0.2) is 0 Å². The first kappa shape index (κ1) is 10.3. The molecule has 1 aromatic rings. The number of rotatable bonds is 1. The molecule has 2 rings (SSSR count). The van der Waals surface area contributed by atoms with Gasteiger partial charge in [-0.1, -0.05) is 36.2 Å². The van der Waals surface area contributed by atoms with Crippen molar-refractivity contribution in [3.63, 3.8) is 0 Å². The fourth-order valence-electron chi connectivity index (χ4n) is 2.22. The number of hydrogen-bond acceptors (Lipinski definition) is 0. The Kier molecular flexibility index (Phi) is 3.35. The zero-order valence-corrected chi connectivity index (χ0v) is 9.56. The van der Waals surface area contributed by atoms with E-state index in [9.17, 15) is 0 Å². The highest BCUT2D eigenvalue weighted by atomic mass is 35.5. The van der Waals surface area contributed by atoms with Crippen LogP contribution in [0.3, 0.4) is 0 Å². The molecule has 0 radical (unpaired) electrons. The molecule has 0 saturated heterocycles. The molecule has 2 unspecified atom stereocenters. The minimum Gasteiger partial charge on any atom is -0.123 e. The molecule has 2 heteroatoms. The molecule has 76 valence electrons. The molecule has 1 aliphatic rings. The predicted molar refractivity (Wildman–Crippen MR) is 62.3 cm³/mol. The van der Waals surface area contributed by atoms with Gasteiger partial charge in [0.2, 0.25) is 0 Å². The van der Waals surface area contributed by atoms with Gasteiger partial charge in [-0.3, -0.25) is 0 Å². The summed E-state index contributed by atoms with van der Waals surface area (Å²) in [6.07, 6.45) is 4.69. The first-order chi connectivity index (χ1) is 6.77. The summed E-state index contributed by atoms with van der Waals surface area (Å²) in [4.78, 5) is 0. The molecule has 1 saturated carbocycles. The standard InChI is InChI=1S/C12H14Cl2/c13-10-5-3-4-9(8-10)11-6-1-2-7-12(11)14/h1-2,6-7,9-10H,3-5,8H2. The van der Waals surface area contributed by atoms with Crippen molar-refractivity contribution in [3.8, 4) is 0 Å². The summed E-state index contributed by atoms with van der Waals surface area (Å²) in [6, 6.07) is 8.13. The van der Waals surface area contributed by atoms with E-state index in [2.05, 4.69) is 12.1 Å². The fraction of sp³-hybridized carbons (Fsp3) is 0.500. The Morgan fingerprint density at radius 3 is 2.64 bits per heavy atom. The smallest absolute Gasteiger partial charge is 0.0440 e. The molecule has 1 aliphatic carbocycles. The second-order valence-electron chi connectivity index (χ2n) is 3.98. The molecule has 2 atom stereocenters. The van der Waals surface area contributed by atoms with E-state index in [1.165, 1.54) is 18.4 Å². The number of alkyl halides is 1. The molecule has 0 nitrogen and oxygen atoms in total. The van der Waals surface area contributed by atoms with Crippen LogP contribution < -0.4 is 0 Å². The zero-order chi connectivity index (χ0) is 9.97. The first-order valence-electron chi connectivity index (χ1n) is 5.16. The third kappa shape index (κ3) is 2.24. The predicted octanol–water partition coefficient (Wildman–Crippen LogP) is 4.61. The maximum atomic E-state index is 6.17. The Morgan fingerprint density at radius 1 is 1.14 bits per heavy atom. The van der Waals surface area contributed by atoms with Gasteiger partial charge >= 0.3 is 0 Å². The second kappa shape index (κ2) is 4.55. The highest BCUT2D eigenvalue weighted by Crippen LogP contribution is 2.37. The van der Waals surface area contributed by atoms with Gasteiger partial charge in [0.05, 0.1) is 0 Å². The van der Waals surface area contributed by atoms with E-state index in [0.717, 1.165) is 17.9 Å². The van der Waals surface area contributed by atoms with Crippen LogP contribution in [0, 0.1) is 0 Å². The Bertz CT molecular complexity index is 309. The van der Waals surface area contributed by atoms with Crippen molar-refractivity contribution in [1.82, 2.24) is 0 Å². The van der Waals surface area contributed by atoms with Crippen LogP contribution in [0.2, 0.25) is 5.02 Å². The van der Waals surface area contributed by atoms with Crippen molar-refractivity contribution in [2.75, 3.05) is 0 Å². The summed E-state index contributed by atoms with van der Waals surface area (Å²) in [6.45, 7) is 0. The average molecular weight is 229 g/mol. The molecule has 0 N–H and O–H groups in total. The van der Waals surface area contributed by atoms with E-state index in [0.29, 0.717) is 11.3 Å². The van der Waals surface area contributed by atoms with E-state index >= 15 is 0 Å². The molecule has 1 aromatic carbocycles. The monoisotopic (exact) mass is 228 g/mol. The van der Waals surface area contributed by atoms with E-state index in [4.69, 9.17) is 23.2 Å². The van der Waals surface area contributed by atoms with Gasteiger partial charge in [-0.2, -0.15) is 0 Å². The summed E-state index contributed by atoms with van der Waals surface area (Å²) in [5, 5.41) is 1.23. The van der Waals surface area contributed by atoms with Crippen LogP contribution in [-0.4, -0.2) is 5.38 Å². The summed E-state index contributed by atoms with van der Waals surface area (Å²) in [7, 11) is 0. The van der Waals surface area contributed by atoms with Crippen molar-refractivity contribution in [1.29, 1.82) is 0 Å². The van der Waals surface area contributed by atoms with Crippen LogP contribution in [0.5, 0.6) is 0 Å². The summed E-state index contributed by atoms with van der Waals surface area (Å²) >= 11 is 12.3. The number of benzene rings is 1. The van der Waals surface area contributed by atoms with Crippen LogP contribution >= 0.6 is 23.2 Å². The SMILES string of the molecule is Clc1ccccc1C1CCCC(Cl)C1. The normalized spacial score (nSPS) is 27.6. The van der Waals surface area contributed by atoms with Crippen molar-refractivity contribution >= 4 is 23.2 Å². The molecule has 0 aliphatic heterocycles. The lowest BCUT2D eigenvalue weighted by atomic mass is 9.84. The van der Waals surface area contributed by atoms with Gasteiger partial charge in [0, 0.05) is 10.4 Å². The summed E-state index contributed by atoms with van der Waals surface area (Å²) in [5.41, 5.74) is 1.28. The van der Waals surface area contributed by atoms with Crippen molar-refractivity contribution in [2.45, 2.75) is 37.0 Å². The lowest BCUT2D eigenvalue weighted by molar-refractivity contribution is 0.449. The van der Waals surface area contributed by atoms with E-state index in [-0.39, 0.29) is 0 Å². The first-order valence-corrected chi connectivity index (χ1v) is 5.97. The molecule has 0 spiro atoms. The quantitative estimate of drug-likeness (QED) is 0.617. The Hall–Kier alpha value is -0.200. The van der Waals surface area contributed by atoms with E-state index in [1.807, 2.05) is 12.1 Å². The third-order valence-electron chi connectivity index (χ3n) is 2.96. The average Bonchev–Trinajstić information content (AvgIpc) is 2.18. The van der Waals surface area contributed by atoms with E-state index < -0.39 is 0 Å². The zero-order valence-electron chi connectivity index (χ0n) is 8.05. The van der Waals surface area contributed by atoms with Crippen LogP contribution in [0.15, 0.2) is 24.3 Å². The molecular weight excluding hydrogens is 215 g/mol. The molecule has 0 amide bonds. The molecule has 1 fully saturated rings. The summed E-state index contributed by atoms with van der Waals surface area (Å²) < 4.78 is 0. The van der Waals surface area contributed by atoms with E-state index in [1.54, 1.807) is 0 Å². The van der Waals surface area contributed by atoms with Gasteiger partial charge in [-0.25, -0.2) is 0 Å². The van der Waals surface area contributed by atoms with Gasteiger partial charge in [-0.05, 0) is 36.8 Å². The van der Waals surface area contributed by atoms with Crippen LogP contribution in [0.4, 0.5) is 0 Å². The second-order valence-corrected chi connectivity index (χ2v) is 5.01. The topological polar surface area (TPSA) is 0 Å². The highest BCUT2D eigenvalue weighted by molar-refractivity contribution is 6.31. The maximum absolute atomic E-state index is 6.17. The fourth-order valence-corrected chi connectivity index (χ4v) is 2.88. The molecule has 0 bridgehead atoms. The third-order valence-corrected chi connectivity index (χ3v) is 3.70. The molecular formula is C12H14Cl2. The van der Waals surface area contributed by atoms with Gasteiger partial charge in [0.25, 0.3) is 0 Å². The van der Waals surface area contributed by atoms with Crippen molar-refractivity contribution in [2.24, 2.45) is 0 Å². The van der Waals surface area contributed by atoms with Crippen LogP contribution in [0.25, 0.3) is 0 Å². The van der Waals surface area contributed by atoms with Crippen LogP contribution in [0.1, 0.15) is 37.2 Å². The largest absolute Gasteiger partial charge is 0.123 e. The minimum absolute atomic E-state index is 0.338. The lowest BCUT2D eigenvalue weighted by Gasteiger charge is -2.26. The summed E-state index contributed by atoms with van der Waals surface area (Å²) in [5.74, 6) is 0.569. The lowest BCUT2D eigenvalue weighted by Crippen LogP contribution is -2.14. The Labute approximate surface area is 95.2 Å². The van der Waals surface area contributed by atoms with Gasteiger partial charge in [0.1, 0.15) is 0 Å². The Morgan fingerprint density at radius 2 is 1.93 bits per heavy atom. The van der Waals surface area contributed by atoms with Gasteiger partial charge in [-0.15, -0.1) is 11.6 Å². The van der Waals surface area contributed by atoms with Crippen molar-refractivity contribution in [3.05, 3.63) is 34.9 Å². The molecule has 0 aromatic heterocycles. The highest BCUT2D eigenvalue weighted by Gasteiger charge is 2.22. The molecule has 14 heavy (non-hydrogen) atoms. The van der Waals surface area contributed by atoms with Crippen molar-refractivity contribution < 1.29 is 0 Å². The minimum atomic E-state index is 0.338.